The molecule has 5 nitrogen and oxygen atoms in total. The van der Waals surface area contributed by atoms with Gasteiger partial charge in [-0.05, 0) is 12.5 Å². The highest BCUT2D eigenvalue weighted by Gasteiger charge is 2.21. The van der Waals surface area contributed by atoms with E-state index < -0.39 is 6.04 Å². The molecule has 0 radical (unpaired) electrons. The van der Waals surface area contributed by atoms with E-state index in [2.05, 4.69) is 0 Å². The number of methoxy groups -OCH3 is 1. The predicted octanol–water partition coefficient (Wildman–Crippen LogP) is 1.14. The van der Waals surface area contributed by atoms with Crippen LogP contribution in [0.25, 0.3) is 0 Å². The molecule has 0 aliphatic heterocycles. The molecule has 0 saturated carbocycles. The summed E-state index contributed by atoms with van der Waals surface area (Å²) in [5.74, 6) is 0.596. The van der Waals surface area contributed by atoms with Crippen molar-refractivity contribution in [2.75, 3.05) is 20.3 Å². The van der Waals surface area contributed by atoms with Crippen molar-refractivity contribution in [2.24, 2.45) is 5.73 Å². The highest BCUT2D eigenvalue weighted by Crippen LogP contribution is 2.19. The second-order valence-corrected chi connectivity index (χ2v) is 4.69. The number of nitrogens with two attached hydrogens (primary N) is 1. The fourth-order valence-electron chi connectivity index (χ4n) is 2.10. The highest BCUT2D eigenvalue weighted by molar-refractivity contribution is 5.81. The molecule has 1 aromatic rings. The van der Waals surface area contributed by atoms with Crippen molar-refractivity contribution in [2.45, 2.75) is 32.4 Å². The first-order valence-corrected chi connectivity index (χ1v) is 6.91. The lowest BCUT2D eigenvalue weighted by Gasteiger charge is -2.25. The van der Waals surface area contributed by atoms with Gasteiger partial charge in [0.05, 0.1) is 19.8 Å². The average molecular weight is 280 g/mol. The molecule has 1 rings (SSSR count). The number of hydrogen-bond acceptors (Lipinski definition) is 4. The van der Waals surface area contributed by atoms with Gasteiger partial charge in [-0.15, -0.1) is 0 Å². The first-order valence-electron chi connectivity index (χ1n) is 6.91. The van der Waals surface area contributed by atoms with E-state index in [-0.39, 0.29) is 19.1 Å². The van der Waals surface area contributed by atoms with Gasteiger partial charge >= 0.3 is 0 Å². The van der Waals surface area contributed by atoms with Gasteiger partial charge in [-0.2, -0.15) is 0 Å². The molecule has 5 heteroatoms. The molecule has 0 aliphatic rings. The highest BCUT2D eigenvalue weighted by atomic mass is 16.5. The largest absolute Gasteiger partial charge is 0.496 e. The number of benzene rings is 1. The van der Waals surface area contributed by atoms with Crippen LogP contribution >= 0.6 is 0 Å². The Bertz CT molecular complexity index is 423. The Morgan fingerprint density at radius 3 is 2.75 bits per heavy atom. The maximum Gasteiger partial charge on any atom is 0.239 e. The van der Waals surface area contributed by atoms with Gasteiger partial charge in [-0.25, -0.2) is 0 Å². The Hall–Kier alpha value is -1.59. The van der Waals surface area contributed by atoms with E-state index in [9.17, 15) is 4.79 Å². The molecule has 0 aliphatic carbocycles. The summed E-state index contributed by atoms with van der Waals surface area (Å²) < 4.78 is 5.28. The molecular formula is C15H24N2O3. The summed E-state index contributed by atoms with van der Waals surface area (Å²) in [5, 5.41) is 9.14. The lowest BCUT2D eigenvalue weighted by Crippen LogP contribution is -2.44. The van der Waals surface area contributed by atoms with Crippen LogP contribution in [-0.4, -0.2) is 42.2 Å². The number of ether oxygens (including phenoxy) is 1. The molecule has 20 heavy (non-hydrogen) atoms. The zero-order chi connectivity index (χ0) is 15.0. The Morgan fingerprint density at radius 2 is 2.15 bits per heavy atom. The van der Waals surface area contributed by atoms with Gasteiger partial charge in [0.1, 0.15) is 5.75 Å². The lowest BCUT2D eigenvalue weighted by molar-refractivity contribution is -0.133. The maximum absolute atomic E-state index is 12.3. The molecule has 3 N–H and O–H groups in total. The number of rotatable bonds is 8. The van der Waals surface area contributed by atoms with Crippen LogP contribution in [0.2, 0.25) is 0 Å². The first kappa shape index (κ1) is 16.5. The third-order valence-corrected chi connectivity index (χ3v) is 3.15. The summed E-state index contributed by atoms with van der Waals surface area (Å²) in [5.41, 5.74) is 6.78. The second kappa shape index (κ2) is 8.55. The number of carbonyl (C=O) groups excluding carboxylic acids is 1. The van der Waals surface area contributed by atoms with Crippen LogP contribution in [0, 0.1) is 0 Å². The van der Waals surface area contributed by atoms with Crippen LogP contribution in [0.15, 0.2) is 24.3 Å². The molecule has 112 valence electrons. The van der Waals surface area contributed by atoms with Crippen LogP contribution in [0.1, 0.15) is 25.3 Å². The second-order valence-electron chi connectivity index (χ2n) is 4.69. The topological polar surface area (TPSA) is 75.8 Å². The van der Waals surface area contributed by atoms with E-state index in [0.717, 1.165) is 17.7 Å². The third-order valence-electron chi connectivity index (χ3n) is 3.15. The van der Waals surface area contributed by atoms with Gasteiger partial charge in [0.25, 0.3) is 0 Å². The summed E-state index contributed by atoms with van der Waals surface area (Å²) >= 11 is 0. The van der Waals surface area contributed by atoms with Crippen molar-refractivity contribution in [1.82, 2.24) is 4.90 Å². The first-order chi connectivity index (χ1) is 9.63. The van der Waals surface area contributed by atoms with Crippen molar-refractivity contribution in [3.8, 4) is 5.75 Å². The molecule has 0 aromatic heterocycles. The van der Waals surface area contributed by atoms with Crippen LogP contribution in [-0.2, 0) is 11.3 Å². The van der Waals surface area contributed by atoms with Crippen LogP contribution < -0.4 is 10.5 Å². The standard InChI is InChI=1S/C15H24N2O3/c1-3-6-13(16)15(19)17(9-10-18)11-12-7-4-5-8-14(12)20-2/h4-5,7-8,13,18H,3,6,9-11,16H2,1-2H3. The Kier molecular flexibility index (Phi) is 7.04. The minimum Gasteiger partial charge on any atom is -0.496 e. The Labute approximate surface area is 120 Å². The van der Waals surface area contributed by atoms with Crippen molar-refractivity contribution >= 4 is 5.91 Å². The number of para-hydroxylation sites is 1. The van der Waals surface area contributed by atoms with E-state index >= 15 is 0 Å². The molecule has 1 atom stereocenters. The van der Waals surface area contributed by atoms with E-state index in [1.54, 1.807) is 12.0 Å². The molecule has 0 saturated heterocycles. The molecule has 0 heterocycles. The maximum atomic E-state index is 12.3. The number of aliphatic hydroxyl groups is 1. The SMILES string of the molecule is CCCC(N)C(=O)N(CCO)Cc1ccccc1OC. The number of amides is 1. The van der Waals surface area contributed by atoms with Gasteiger partial charge in [0.15, 0.2) is 0 Å². The Morgan fingerprint density at radius 1 is 1.45 bits per heavy atom. The molecule has 0 bridgehead atoms. The molecule has 0 fully saturated rings. The molecular weight excluding hydrogens is 256 g/mol. The van der Waals surface area contributed by atoms with Crippen LogP contribution in [0.5, 0.6) is 5.75 Å². The lowest BCUT2D eigenvalue weighted by atomic mass is 10.1. The van der Waals surface area contributed by atoms with Gasteiger partial charge in [-0.3, -0.25) is 4.79 Å². The fraction of sp³-hybridized carbons (Fsp3) is 0.533. The molecule has 1 unspecified atom stereocenters. The average Bonchev–Trinajstić information content (AvgIpc) is 2.46. The summed E-state index contributed by atoms with van der Waals surface area (Å²) in [6, 6.07) is 7.01. The van der Waals surface area contributed by atoms with Crippen LogP contribution in [0.4, 0.5) is 0 Å². The monoisotopic (exact) mass is 280 g/mol. The summed E-state index contributed by atoms with van der Waals surface area (Å²) in [6.45, 7) is 2.57. The zero-order valence-electron chi connectivity index (χ0n) is 12.2. The Balaban J connectivity index is 2.83. The number of nitrogens with zero attached hydrogens (tertiary/aromatic N) is 1. The molecule has 0 spiro atoms. The zero-order valence-corrected chi connectivity index (χ0v) is 12.2. The number of aliphatic hydroxyl groups excluding tert-OH is 1. The minimum absolute atomic E-state index is 0.0836. The predicted molar refractivity (Wildman–Crippen MR) is 78.4 cm³/mol. The van der Waals surface area contributed by atoms with Crippen molar-refractivity contribution < 1.29 is 14.6 Å². The van der Waals surface area contributed by atoms with E-state index in [1.165, 1.54) is 0 Å². The summed E-state index contributed by atoms with van der Waals surface area (Å²) in [7, 11) is 1.60. The summed E-state index contributed by atoms with van der Waals surface area (Å²) in [6.07, 6.45) is 1.50. The number of carbonyl (C=O) groups is 1. The van der Waals surface area contributed by atoms with E-state index in [4.69, 9.17) is 15.6 Å². The number of hydrogen-bond donors (Lipinski definition) is 2. The van der Waals surface area contributed by atoms with Gasteiger partial charge in [0, 0.05) is 18.7 Å². The van der Waals surface area contributed by atoms with Crippen molar-refractivity contribution in [3.63, 3.8) is 0 Å². The fourth-order valence-corrected chi connectivity index (χ4v) is 2.10. The van der Waals surface area contributed by atoms with Crippen LogP contribution in [0.3, 0.4) is 0 Å². The normalized spacial score (nSPS) is 12.0. The third kappa shape index (κ3) is 4.51. The van der Waals surface area contributed by atoms with Crippen molar-refractivity contribution in [1.29, 1.82) is 0 Å². The molecule has 1 aromatic carbocycles. The van der Waals surface area contributed by atoms with E-state index in [0.29, 0.717) is 13.0 Å². The molecule has 1 amide bonds. The van der Waals surface area contributed by atoms with E-state index in [1.807, 2.05) is 31.2 Å². The quantitative estimate of drug-likeness (QED) is 0.749. The van der Waals surface area contributed by atoms with Crippen molar-refractivity contribution in [3.05, 3.63) is 29.8 Å². The smallest absolute Gasteiger partial charge is 0.239 e. The van der Waals surface area contributed by atoms with Gasteiger partial charge in [0.2, 0.25) is 5.91 Å². The minimum atomic E-state index is -0.513. The summed E-state index contributed by atoms with van der Waals surface area (Å²) in [4.78, 5) is 13.9. The van der Waals surface area contributed by atoms with Gasteiger partial charge in [-0.1, -0.05) is 31.5 Å². The van der Waals surface area contributed by atoms with Gasteiger partial charge < -0.3 is 20.5 Å².